The van der Waals surface area contributed by atoms with Gasteiger partial charge in [0.25, 0.3) is 0 Å². The van der Waals surface area contributed by atoms with Gasteiger partial charge in [0, 0.05) is 11.6 Å². The van der Waals surface area contributed by atoms with Gasteiger partial charge in [-0.15, -0.1) is 0 Å². The van der Waals surface area contributed by atoms with Crippen LogP contribution in [0.3, 0.4) is 0 Å². The third kappa shape index (κ3) is 2.65. The number of rotatable bonds is 4. The average Bonchev–Trinajstić information content (AvgIpc) is 2.90. The van der Waals surface area contributed by atoms with Crippen molar-refractivity contribution >= 4 is 0 Å². The first-order valence-electron chi connectivity index (χ1n) is 6.40. The molecule has 0 amide bonds. The molecular formula is C14H20FNO2. The smallest absolute Gasteiger partial charge is 0.131 e. The summed E-state index contributed by atoms with van der Waals surface area (Å²) in [4.78, 5) is 0. The van der Waals surface area contributed by atoms with Crippen LogP contribution in [0.15, 0.2) is 18.2 Å². The summed E-state index contributed by atoms with van der Waals surface area (Å²) in [5, 5.41) is 10.2. The maximum atomic E-state index is 13.9. The van der Waals surface area contributed by atoms with Crippen LogP contribution in [0, 0.1) is 11.7 Å². The van der Waals surface area contributed by atoms with E-state index in [-0.39, 0.29) is 5.92 Å². The Labute approximate surface area is 107 Å². The van der Waals surface area contributed by atoms with E-state index < -0.39 is 18.0 Å². The minimum absolute atomic E-state index is 0.196. The van der Waals surface area contributed by atoms with Crippen molar-refractivity contribution in [3.63, 3.8) is 0 Å². The molecule has 18 heavy (non-hydrogen) atoms. The van der Waals surface area contributed by atoms with Gasteiger partial charge in [-0.1, -0.05) is 18.9 Å². The van der Waals surface area contributed by atoms with Gasteiger partial charge in [0.2, 0.25) is 0 Å². The normalized spacial score (nSPS) is 19.8. The maximum absolute atomic E-state index is 13.9. The van der Waals surface area contributed by atoms with Gasteiger partial charge in [-0.2, -0.15) is 0 Å². The zero-order chi connectivity index (χ0) is 13.1. The molecule has 0 aliphatic heterocycles. The van der Waals surface area contributed by atoms with Gasteiger partial charge in [0.1, 0.15) is 11.6 Å². The highest BCUT2D eigenvalue weighted by atomic mass is 19.1. The molecule has 100 valence electrons. The number of aliphatic hydroxyl groups excluding tert-OH is 1. The van der Waals surface area contributed by atoms with Gasteiger partial charge in [-0.3, -0.25) is 0 Å². The Bertz CT molecular complexity index is 405. The molecule has 1 aromatic rings. The number of benzene rings is 1. The Morgan fingerprint density at radius 3 is 2.61 bits per heavy atom. The zero-order valence-electron chi connectivity index (χ0n) is 10.6. The fraction of sp³-hybridized carbons (Fsp3) is 0.571. The van der Waals surface area contributed by atoms with Gasteiger partial charge in [-0.05, 0) is 24.8 Å². The van der Waals surface area contributed by atoms with Gasteiger partial charge < -0.3 is 15.6 Å². The molecule has 0 radical (unpaired) electrons. The van der Waals surface area contributed by atoms with Crippen molar-refractivity contribution < 1.29 is 14.2 Å². The second-order valence-corrected chi connectivity index (χ2v) is 4.95. The molecule has 2 atom stereocenters. The van der Waals surface area contributed by atoms with Gasteiger partial charge in [-0.25, -0.2) is 4.39 Å². The molecular weight excluding hydrogens is 233 g/mol. The third-order valence-corrected chi connectivity index (χ3v) is 3.82. The van der Waals surface area contributed by atoms with E-state index in [2.05, 4.69) is 0 Å². The highest BCUT2D eigenvalue weighted by molar-refractivity contribution is 5.31. The highest BCUT2D eigenvalue weighted by Gasteiger charge is 2.30. The van der Waals surface area contributed by atoms with Crippen LogP contribution in [0.1, 0.15) is 37.3 Å². The lowest BCUT2D eigenvalue weighted by Gasteiger charge is -2.25. The van der Waals surface area contributed by atoms with Crippen LogP contribution in [0.25, 0.3) is 0 Å². The summed E-state index contributed by atoms with van der Waals surface area (Å²) in [6, 6.07) is 3.90. The summed E-state index contributed by atoms with van der Waals surface area (Å²) >= 11 is 0. The van der Waals surface area contributed by atoms with Crippen molar-refractivity contribution in [2.75, 3.05) is 7.11 Å². The predicted octanol–water partition coefficient (Wildman–Crippen LogP) is 2.39. The van der Waals surface area contributed by atoms with Crippen LogP contribution in [-0.2, 0) is 0 Å². The topological polar surface area (TPSA) is 55.5 Å². The predicted molar refractivity (Wildman–Crippen MR) is 67.8 cm³/mol. The summed E-state index contributed by atoms with van der Waals surface area (Å²) in [6.07, 6.45) is 3.54. The van der Waals surface area contributed by atoms with Crippen LogP contribution in [-0.4, -0.2) is 18.3 Å². The molecule has 1 aliphatic carbocycles. The lowest BCUT2D eigenvalue weighted by molar-refractivity contribution is 0.0832. The standard InChI is InChI=1S/C14H20FNO2/c1-18-10-6-7-11(12(15)8-10)13(16)14(17)9-4-2-3-5-9/h6-9,13-14,17H,2-5,16H2,1H3/t13-,14+/m1/s1. The summed E-state index contributed by atoms with van der Waals surface area (Å²) < 4.78 is 18.8. The number of hydrogen-bond donors (Lipinski definition) is 2. The molecule has 1 fully saturated rings. The SMILES string of the molecule is COc1ccc([C@@H](N)[C@@H](O)C2CCCC2)c(F)c1. The lowest BCUT2D eigenvalue weighted by Crippen LogP contribution is -2.32. The number of halogens is 1. The molecule has 4 heteroatoms. The first-order chi connectivity index (χ1) is 8.63. The summed E-state index contributed by atoms with van der Waals surface area (Å²) in [6.45, 7) is 0. The minimum atomic E-state index is -0.671. The van der Waals surface area contributed by atoms with E-state index in [0.717, 1.165) is 25.7 Å². The van der Waals surface area contributed by atoms with Gasteiger partial charge >= 0.3 is 0 Å². The van der Waals surface area contributed by atoms with Crippen LogP contribution < -0.4 is 10.5 Å². The van der Waals surface area contributed by atoms with Crippen molar-refractivity contribution in [1.29, 1.82) is 0 Å². The molecule has 1 aliphatic rings. The largest absolute Gasteiger partial charge is 0.497 e. The second kappa shape index (κ2) is 5.67. The average molecular weight is 253 g/mol. The van der Waals surface area contributed by atoms with E-state index in [1.54, 1.807) is 12.1 Å². The molecule has 0 bridgehead atoms. The van der Waals surface area contributed by atoms with Crippen LogP contribution in [0.5, 0.6) is 5.75 Å². The number of hydrogen-bond acceptors (Lipinski definition) is 3. The van der Waals surface area contributed by atoms with Crippen molar-refractivity contribution in [3.05, 3.63) is 29.6 Å². The van der Waals surface area contributed by atoms with Crippen LogP contribution in [0.2, 0.25) is 0 Å². The number of methoxy groups -OCH3 is 1. The van der Waals surface area contributed by atoms with E-state index in [0.29, 0.717) is 11.3 Å². The van der Waals surface area contributed by atoms with E-state index in [1.807, 2.05) is 0 Å². The number of aliphatic hydroxyl groups is 1. The first-order valence-corrected chi connectivity index (χ1v) is 6.40. The molecule has 0 spiro atoms. The monoisotopic (exact) mass is 253 g/mol. The number of nitrogens with two attached hydrogens (primary N) is 1. The highest BCUT2D eigenvalue weighted by Crippen LogP contribution is 2.33. The molecule has 1 aromatic carbocycles. The van der Waals surface area contributed by atoms with E-state index >= 15 is 0 Å². The fourth-order valence-corrected chi connectivity index (χ4v) is 2.68. The molecule has 0 aromatic heterocycles. The van der Waals surface area contributed by atoms with Gasteiger partial charge in [0.05, 0.1) is 19.3 Å². The summed E-state index contributed by atoms with van der Waals surface area (Å²) in [5.41, 5.74) is 6.34. The summed E-state index contributed by atoms with van der Waals surface area (Å²) in [5.74, 6) is 0.235. The van der Waals surface area contributed by atoms with E-state index in [9.17, 15) is 9.50 Å². The number of ether oxygens (including phenoxy) is 1. The Hall–Kier alpha value is -1.13. The van der Waals surface area contributed by atoms with Crippen molar-refractivity contribution in [2.24, 2.45) is 11.7 Å². The quantitative estimate of drug-likeness (QED) is 0.866. The minimum Gasteiger partial charge on any atom is -0.497 e. The molecule has 1 saturated carbocycles. The Kier molecular flexibility index (Phi) is 4.19. The molecule has 2 rings (SSSR count). The second-order valence-electron chi connectivity index (χ2n) is 4.95. The maximum Gasteiger partial charge on any atom is 0.131 e. The Morgan fingerprint density at radius 2 is 2.06 bits per heavy atom. The molecule has 0 heterocycles. The molecule has 0 saturated heterocycles. The van der Waals surface area contributed by atoms with Crippen molar-refractivity contribution in [3.8, 4) is 5.75 Å². The Balaban J connectivity index is 2.14. The van der Waals surface area contributed by atoms with E-state index in [4.69, 9.17) is 10.5 Å². The van der Waals surface area contributed by atoms with E-state index in [1.165, 1.54) is 13.2 Å². The van der Waals surface area contributed by atoms with Crippen molar-refractivity contribution in [2.45, 2.75) is 37.8 Å². The zero-order valence-corrected chi connectivity index (χ0v) is 10.6. The van der Waals surface area contributed by atoms with Crippen LogP contribution in [0.4, 0.5) is 4.39 Å². The summed E-state index contributed by atoms with van der Waals surface area (Å²) in [7, 11) is 1.49. The molecule has 0 unspecified atom stereocenters. The first kappa shape index (κ1) is 13.3. The van der Waals surface area contributed by atoms with Crippen molar-refractivity contribution in [1.82, 2.24) is 0 Å². The third-order valence-electron chi connectivity index (χ3n) is 3.82. The van der Waals surface area contributed by atoms with Crippen LogP contribution >= 0.6 is 0 Å². The fourth-order valence-electron chi connectivity index (χ4n) is 2.68. The molecule has 3 nitrogen and oxygen atoms in total. The lowest BCUT2D eigenvalue weighted by atomic mass is 9.90. The van der Waals surface area contributed by atoms with Gasteiger partial charge in [0.15, 0.2) is 0 Å². The Morgan fingerprint density at radius 1 is 1.39 bits per heavy atom. The molecule has 3 N–H and O–H groups in total.